The van der Waals surface area contributed by atoms with Gasteiger partial charge in [-0.05, 0) is 46.3 Å². The number of benzene rings is 5. The van der Waals surface area contributed by atoms with Gasteiger partial charge in [0.25, 0.3) is 0 Å². The van der Waals surface area contributed by atoms with Crippen LogP contribution in [0.25, 0.3) is 47.7 Å². The van der Waals surface area contributed by atoms with Gasteiger partial charge in [-0.15, -0.1) is 11.3 Å². The van der Waals surface area contributed by atoms with E-state index in [9.17, 15) is 0 Å². The van der Waals surface area contributed by atoms with Crippen LogP contribution < -0.4 is 16.4 Å². The van der Waals surface area contributed by atoms with Crippen molar-refractivity contribution in [2.45, 2.75) is 19.3 Å². The molecule has 0 atom stereocenters. The van der Waals surface area contributed by atoms with E-state index in [1.165, 1.54) is 75.2 Å². The van der Waals surface area contributed by atoms with Crippen LogP contribution in [0.1, 0.15) is 25.0 Å². The van der Waals surface area contributed by atoms with Gasteiger partial charge < -0.3 is 4.57 Å². The molecule has 2 aromatic heterocycles. The van der Waals surface area contributed by atoms with Crippen LogP contribution in [0.5, 0.6) is 0 Å². The minimum absolute atomic E-state index is 0.0381. The van der Waals surface area contributed by atoms with E-state index in [4.69, 9.17) is 0 Å². The zero-order valence-corrected chi connectivity index (χ0v) is 21.0. The number of fused-ring (bicyclic) bond motifs is 11. The molecular formula is C33H22BNS. The molecule has 0 radical (unpaired) electrons. The Morgan fingerprint density at radius 3 is 2.33 bits per heavy atom. The maximum atomic E-state index is 2.57. The maximum absolute atomic E-state index is 2.57. The Morgan fingerprint density at radius 2 is 1.39 bits per heavy atom. The Morgan fingerprint density at radius 1 is 0.639 bits per heavy atom. The fourth-order valence-corrected chi connectivity index (χ4v) is 8.53. The SMILES string of the molecule is CC1(C)c2ccccc2B2c3c(cccc31)-n1c3ccc4sc5ccccc5c4c3c3cccc2c31. The van der Waals surface area contributed by atoms with Gasteiger partial charge >= 0.3 is 0 Å². The molecule has 0 saturated carbocycles. The first-order chi connectivity index (χ1) is 17.6. The Hall–Kier alpha value is -3.82. The second kappa shape index (κ2) is 6.29. The number of hydrogen-bond acceptors (Lipinski definition) is 1. The second-order valence-electron chi connectivity index (χ2n) is 10.9. The third-order valence-electron chi connectivity index (χ3n) is 8.86. The van der Waals surface area contributed by atoms with Crippen molar-refractivity contribution in [2.75, 3.05) is 0 Å². The topological polar surface area (TPSA) is 4.93 Å². The van der Waals surface area contributed by atoms with E-state index in [0.717, 1.165) is 0 Å². The molecule has 0 amide bonds. The molecule has 9 rings (SSSR count). The molecule has 4 heterocycles. The standard InChI is InChI=1S/C33H22BNS/c1-33(2)21-11-4-5-13-23(21)34-24-14-7-10-20-29-25(35(32(20)24)26-15-8-12-22(33)31(26)34)17-18-28-30(29)19-9-3-6-16-27(19)36-28/h3-18H,1-2H3. The van der Waals surface area contributed by atoms with Crippen LogP contribution in [0, 0.1) is 0 Å². The summed E-state index contributed by atoms with van der Waals surface area (Å²) < 4.78 is 5.31. The summed E-state index contributed by atoms with van der Waals surface area (Å²) >= 11 is 1.91. The quantitative estimate of drug-likeness (QED) is 0.217. The smallest absolute Gasteiger partial charge is 0.247 e. The van der Waals surface area contributed by atoms with Crippen LogP contribution in [0.4, 0.5) is 0 Å². The predicted octanol–water partition coefficient (Wildman–Crippen LogP) is 6.62. The molecule has 2 aliphatic heterocycles. The van der Waals surface area contributed by atoms with Crippen LogP contribution in [-0.2, 0) is 5.41 Å². The van der Waals surface area contributed by atoms with Crippen LogP contribution in [-0.4, -0.2) is 11.3 Å². The lowest BCUT2D eigenvalue weighted by Gasteiger charge is -2.41. The van der Waals surface area contributed by atoms with Crippen LogP contribution >= 0.6 is 11.3 Å². The Kier molecular flexibility index (Phi) is 3.39. The van der Waals surface area contributed by atoms with Crippen molar-refractivity contribution in [3.63, 3.8) is 0 Å². The van der Waals surface area contributed by atoms with Crippen molar-refractivity contribution in [1.82, 2.24) is 4.57 Å². The van der Waals surface area contributed by atoms with Crippen molar-refractivity contribution in [2.24, 2.45) is 0 Å². The first-order valence-electron chi connectivity index (χ1n) is 12.7. The van der Waals surface area contributed by atoms with Gasteiger partial charge in [-0.1, -0.05) is 92.1 Å². The van der Waals surface area contributed by atoms with Gasteiger partial charge in [-0.25, -0.2) is 0 Å². The monoisotopic (exact) mass is 475 g/mol. The lowest BCUT2D eigenvalue weighted by Crippen LogP contribution is -2.63. The van der Waals surface area contributed by atoms with Crippen molar-refractivity contribution in [1.29, 1.82) is 0 Å². The molecule has 2 aliphatic rings. The van der Waals surface area contributed by atoms with E-state index >= 15 is 0 Å². The molecule has 0 spiro atoms. The maximum Gasteiger partial charge on any atom is 0.247 e. The molecule has 0 N–H and O–H groups in total. The fraction of sp³-hybridized carbons (Fsp3) is 0.0909. The number of aromatic nitrogens is 1. The molecule has 0 aliphatic carbocycles. The number of nitrogens with zero attached hydrogens (tertiary/aromatic N) is 1. The lowest BCUT2D eigenvalue weighted by atomic mass is 9.30. The molecule has 168 valence electrons. The zero-order chi connectivity index (χ0) is 23.8. The molecule has 0 bridgehead atoms. The molecule has 36 heavy (non-hydrogen) atoms. The van der Waals surface area contributed by atoms with Gasteiger partial charge in [-0.3, -0.25) is 0 Å². The highest BCUT2D eigenvalue weighted by molar-refractivity contribution is 7.26. The van der Waals surface area contributed by atoms with Gasteiger partial charge in [0.2, 0.25) is 6.71 Å². The van der Waals surface area contributed by atoms with Crippen molar-refractivity contribution >= 4 is 76.4 Å². The largest absolute Gasteiger partial charge is 0.310 e. The molecule has 0 saturated heterocycles. The molecule has 0 unspecified atom stereocenters. The van der Waals surface area contributed by atoms with Crippen LogP contribution in [0.2, 0.25) is 0 Å². The first kappa shape index (κ1) is 19.4. The van der Waals surface area contributed by atoms with Crippen molar-refractivity contribution in [3.05, 3.63) is 108 Å². The van der Waals surface area contributed by atoms with E-state index in [2.05, 4.69) is 115 Å². The number of rotatable bonds is 0. The Bertz CT molecular complexity index is 2090. The van der Waals surface area contributed by atoms with Gasteiger partial charge in [0.1, 0.15) is 0 Å². The number of para-hydroxylation sites is 1. The third kappa shape index (κ3) is 2.08. The van der Waals surface area contributed by atoms with Crippen molar-refractivity contribution in [3.8, 4) is 5.69 Å². The number of thiophene rings is 1. The van der Waals surface area contributed by atoms with E-state index in [-0.39, 0.29) is 12.1 Å². The molecular weight excluding hydrogens is 453 g/mol. The molecule has 7 aromatic rings. The second-order valence-corrected chi connectivity index (χ2v) is 12.0. The Balaban J connectivity index is 1.55. The average Bonchev–Trinajstić information content (AvgIpc) is 3.45. The Labute approximate surface area is 213 Å². The van der Waals surface area contributed by atoms with Gasteiger partial charge in [0, 0.05) is 47.6 Å². The summed E-state index contributed by atoms with van der Waals surface area (Å²) in [6, 6.07) is 36.7. The van der Waals surface area contributed by atoms with Crippen LogP contribution in [0.15, 0.2) is 97.1 Å². The summed E-state index contributed by atoms with van der Waals surface area (Å²) in [4.78, 5) is 0. The van der Waals surface area contributed by atoms with Crippen molar-refractivity contribution < 1.29 is 0 Å². The third-order valence-corrected chi connectivity index (χ3v) is 10.0. The first-order valence-corrected chi connectivity index (χ1v) is 13.6. The highest BCUT2D eigenvalue weighted by atomic mass is 32.1. The minimum atomic E-state index is -0.0381. The summed E-state index contributed by atoms with van der Waals surface area (Å²) in [5, 5.41) is 5.54. The molecule has 0 fully saturated rings. The number of hydrogen-bond donors (Lipinski definition) is 0. The van der Waals surface area contributed by atoms with E-state index in [1.807, 2.05) is 11.3 Å². The fourth-order valence-electron chi connectivity index (χ4n) is 7.42. The molecule has 1 nitrogen and oxygen atoms in total. The van der Waals surface area contributed by atoms with Gasteiger partial charge in [0.05, 0.1) is 5.52 Å². The molecule has 3 heteroatoms. The van der Waals surface area contributed by atoms with Gasteiger partial charge in [-0.2, -0.15) is 0 Å². The summed E-state index contributed by atoms with van der Waals surface area (Å²) in [5.41, 5.74) is 11.3. The van der Waals surface area contributed by atoms with Crippen LogP contribution in [0.3, 0.4) is 0 Å². The lowest BCUT2D eigenvalue weighted by molar-refractivity contribution is 0.645. The van der Waals surface area contributed by atoms with Gasteiger partial charge in [0.15, 0.2) is 0 Å². The minimum Gasteiger partial charge on any atom is -0.310 e. The van der Waals surface area contributed by atoms with E-state index in [1.54, 1.807) is 0 Å². The molecule has 5 aromatic carbocycles. The predicted molar refractivity (Wildman–Crippen MR) is 157 cm³/mol. The summed E-state index contributed by atoms with van der Waals surface area (Å²) in [6.45, 7) is 5.04. The summed E-state index contributed by atoms with van der Waals surface area (Å²) in [5.74, 6) is 0. The van der Waals surface area contributed by atoms with E-state index < -0.39 is 0 Å². The van der Waals surface area contributed by atoms with E-state index in [0.29, 0.717) is 0 Å². The zero-order valence-electron chi connectivity index (χ0n) is 20.2. The normalized spacial score (nSPS) is 15.1. The average molecular weight is 475 g/mol. The summed E-state index contributed by atoms with van der Waals surface area (Å²) in [6.07, 6.45) is 0. The summed E-state index contributed by atoms with van der Waals surface area (Å²) in [7, 11) is 0. The highest BCUT2D eigenvalue weighted by Gasteiger charge is 2.44. The highest BCUT2D eigenvalue weighted by Crippen LogP contribution is 2.44.